The van der Waals surface area contributed by atoms with E-state index in [4.69, 9.17) is 5.73 Å². The predicted molar refractivity (Wildman–Crippen MR) is 109 cm³/mol. The summed E-state index contributed by atoms with van der Waals surface area (Å²) in [6.07, 6.45) is 1.58. The molecule has 3 N–H and O–H groups in total. The molecule has 28 heavy (non-hydrogen) atoms. The highest BCUT2D eigenvalue weighted by atomic mass is 32.2. The number of primary amides is 1. The number of nitrogens with one attached hydrogen (secondary N) is 1. The molecule has 8 heteroatoms. The number of carbonyl (C=O) groups is 2. The highest BCUT2D eigenvalue weighted by Gasteiger charge is 2.13. The van der Waals surface area contributed by atoms with Gasteiger partial charge in [-0.3, -0.25) is 19.5 Å². The van der Waals surface area contributed by atoms with E-state index in [1.54, 1.807) is 22.8 Å². The van der Waals surface area contributed by atoms with Crippen molar-refractivity contribution in [1.82, 2.24) is 14.9 Å². The number of aryl methyl sites for hydroxylation is 1. The number of amides is 3. The van der Waals surface area contributed by atoms with Crippen LogP contribution in [0.3, 0.4) is 0 Å². The van der Waals surface area contributed by atoms with Gasteiger partial charge < -0.3 is 5.73 Å². The van der Waals surface area contributed by atoms with Crippen LogP contribution in [0.25, 0.3) is 10.9 Å². The van der Waals surface area contributed by atoms with Crippen LogP contribution in [0.1, 0.15) is 12.0 Å². The van der Waals surface area contributed by atoms with Crippen molar-refractivity contribution in [1.29, 1.82) is 0 Å². The summed E-state index contributed by atoms with van der Waals surface area (Å²) in [5.74, 6) is -0.595. The highest BCUT2D eigenvalue weighted by Crippen LogP contribution is 2.18. The first kappa shape index (κ1) is 19.6. The summed E-state index contributed by atoms with van der Waals surface area (Å²) < 4.78 is 1.59. The van der Waals surface area contributed by atoms with Crippen LogP contribution in [-0.2, 0) is 17.8 Å². The van der Waals surface area contributed by atoms with Crippen molar-refractivity contribution >= 4 is 34.6 Å². The van der Waals surface area contributed by atoms with Crippen molar-refractivity contribution in [2.75, 3.05) is 5.75 Å². The summed E-state index contributed by atoms with van der Waals surface area (Å²) in [5, 5.41) is 2.99. The number of urea groups is 1. The summed E-state index contributed by atoms with van der Waals surface area (Å²) in [4.78, 5) is 40.0. The number of rotatable bonds is 7. The van der Waals surface area contributed by atoms with Crippen molar-refractivity contribution in [3.05, 3.63) is 70.5 Å². The molecule has 0 aliphatic carbocycles. The maximum Gasteiger partial charge on any atom is 0.318 e. The molecule has 3 amide bonds. The Hall–Kier alpha value is -3.13. The van der Waals surface area contributed by atoms with Gasteiger partial charge in [0, 0.05) is 6.54 Å². The number of imide groups is 1. The molecule has 3 rings (SSSR count). The lowest BCUT2D eigenvalue weighted by Crippen LogP contribution is -2.36. The lowest BCUT2D eigenvalue weighted by atomic mass is 10.1. The average Bonchev–Trinajstić information content (AvgIpc) is 2.68. The molecule has 1 aromatic heterocycles. The molecule has 0 spiro atoms. The van der Waals surface area contributed by atoms with E-state index >= 15 is 0 Å². The Kier molecular flexibility index (Phi) is 6.44. The molecule has 0 fully saturated rings. The maximum absolute atomic E-state index is 12.9. The monoisotopic (exact) mass is 396 g/mol. The van der Waals surface area contributed by atoms with Gasteiger partial charge in [0.05, 0.1) is 16.7 Å². The Balaban J connectivity index is 1.82. The van der Waals surface area contributed by atoms with Gasteiger partial charge >= 0.3 is 6.03 Å². The number of benzene rings is 2. The quantitative estimate of drug-likeness (QED) is 0.471. The van der Waals surface area contributed by atoms with E-state index in [0.29, 0.717) is 22.6 Å². The molecule has 0 radical (unpaired) electrons. The fraction of sp³-hybridized carbons (Fsp3) is 0.200. The van der Waals surface area contributed by atoms with Crippen molar-refractivity contribution < 1.29 is 9.59 Å². The summed E-state index contributed by atoms with van der Waals surface area (Å²) in [5.41, 5.74) is 6.59. The first-order valence-corrected chi connectivity index (χ1v) is 9.79. The van der Waals surface area contributed by atoms with Gasteiger partial charge in [-0.2, -0.15) is 0 Å². The second kappa shape index (κ2) is 9.18. The molecule has 2 aromatic carbocycles. The van der Waals surface area contributed by atoms with E-state index in [1.165, 1.54) is 5.56 Å². The van der Waals surface area contributed by atoms with Crippen molar-refractivity contribution in [3.63, 3.8) is 0 Å². The second-order valence-corrected chi connectivity index (χ2v) is 7.10. The molecule has 0 bridgehead atoms. The SMILES string of the molecule is NC(=O)NC(=O)CSc1nc2ccccc2c(=O)n1CCCc1ccccc1. The molecule has 0 aliphatic rings. The lowest BCUT2D eigenvalue weighted by molar-refractivity contribution is -0.117. The van der Waals surface area contributed by atoms with Gasteiger partial charge in [-0.15, -0.1) is 0 Å². The Morgan fingerprint density at radius 1 is 1.07 bits per heavy atom. The Labute approximate surface area is 166 Å². The first-order valence-electron chi connectivity index (χ1n) is 8.80. The van der Waals surface area contributed by atoms with E-state index < -0.39 is 11.9 Å². The zero-order chi connectivity index (χ0) is 19.9. The van der Waals surface area contributed by atoms with E-state index in [9.17, 15) is 14.4 Å². The topological polar surface area (TPSA) is 107 Å². The first-order chi connectivity index (χ1) is 13.5. The summed E-state index contributed by atoms with van der Waals surface area (Å²) in [6, 6.07) is 16.2. The van der Waals surface area contributed by atoms with Crippen molar-refractivity contribution in [2.45, 2.75) is 24.5 Å². The summed E-state index contributed by atoms with van der Waals surface area (Å²) >= 11 is 1.10. The van der Waals surface area contributed by atoms with Gasteiger partial charge in [-0.25, -0.2) is 9.78 Å². The molecule has 0 saturated carbocycles. The molecule has 0 unspecified atom stereocenters. The fourth-order valence-electron chi connectivity index (χ4n) is 2.84. The third kappa shape index (κ3) is 4.98. The van der Waals surface area contributed by atoms with E-state index in [1.807, 2.05) is 41.7 Å². The number of nitrogens with two attached hydrogens (primary N) is 1. The fourth-order valence-corrected chi connectivity index (χ4v) is 3.67. The number of hydrogen-bond acceptors (Lipinski definition) is 5. The van der Waals surface area contributed by atoms with Crippen LogP contribution in [0, 0.1) is 0 Å². The number of nitrogens with zero attached hydrogens (tertiary/aromatic N) is 2. The van der Waals surface area contributed by atoms with Crippen LogP contribution in [-0.4, -0.2) is 27.2 Å². The third-order valence-electron chi connectivity index (χ3n) is 4.11. The highest BCUT2D eigenvalue weighted by molar-refractivity contribution is 7.99. The smallest absolute Gasteiger partial charge is 0.318 e. The van der Waals surface area contributed by atoms with Gasteiger partial charge in [-0.1, -0.05) is 54.2 Å². The minimum Gasteiger partial charge on any atom is -0.351 e. The van der Waals surface area contributed by atoms with E-state index in [0.717, 1.165) is 24.6 Å². The van der Waals surface area contributed by atoms with Crippen LogP contribution in [0.5, 0.6) is 0 Å². The number of aromatic nitrogens is 2. The molecular formula is C20H20N4O3S. The molecule has 0 atom stereocenters. The average molecular weight is 396 g/mol. The second-order valence-electron chi connectivity index (χ2n) is 6.16. The number of thioether (sulfide) groups is 1. The van der Waals surface area contributed by atoms with Gasteiger partial charge in [-0.05, 0) is 30.5 Å². The molecule has 7 nitrogen and oxygen atoms in total. The normalized spacial score (nSPS) is 10.7. The van der Waals surface area contributed by atoms with E-state index in [-0.39, 0.29) is 11.3 Å². The third-order valence-corrected chi connectivity index (χ3v) is 5.09. The van der Waals surface area contributed by atoms with E-state index in [2.05, 4.69) is 4.98 Å². The zero-order valence-corrected chi connectivity index (χ0v) is 15.9. The van der Waals surface area contributed by atoms with Crippen LogP contribution in [0.2, 0.25) is 0 Å². The largest absolute Gasteiger partial charge is 0.351 e. The number of carbonyl (C=O) groups excluding carboxylic acids is 2. The van der Waals surface area contributed by atoms with Crippen LogP contribution < -0.4 is 16.6 Å². The van der Waals surface area contributed by atoms with Gasteiger partial charge in [0.2, 0.25) is 5.91 Å². The maximum atomic E-state index is 12.9. The van der Waals surface area contributed by atoms with Crippen molar-refractivity contribution in [3.8, 4) is 0 Å². The molecule has 1 heterocycles. The number of fused-ring (bicyclic) bond motifs is 1. The Morgan fingerprint density at radius 3 is 2.54 bits per heavy atom. The molecule has 0 aliphatic heterocycles. The number of hydrogen-bond donors (Lipinski definition) is 2. The minimum atomic E-state index is -0.905. The Bertz CT molecular complexity index is 1050. The van der Waals surface area contributed by atoms with Gasteiger partial charge in [0.15, 0.2) is 5.16 Å². The zero-order valence-electron chi connectivity index (χ0n) is 15.1. The van der Waals surface area contributed by atoms with Crippen LogP contribution in [0.4, 0.5) is 4.79 Å². The van der Waals surface area contributed by atoms with Crippen LogP contribution in [0.15, 0.2) is 64.5 Å². The summed E-state index contributed by atoms with van der Waals surface area (Å²) in [7, 11) is 0. The molecule has 3 aromatic rings. The number of para-hydroxylation sites is 1. The van der Waals surface area contributed by atoms with Crippen molar-refractivity contribution in [2.24, 2.45) is 5.73 Å². The predicted octanol–water partition coefficient (Wildman–Crippen LogP) is 2.32. The van der Waals surface area contributed by atoms with Gasteiger partial charge in [0.25, 0.3) is 5.56 Å². The standard InChI is InChI=1S/C20H20N4O3S/c21-19(27)23-17(25)13-28-20-22-16-11-5-4-10-15(16)18(26)24(20)12-6-9-14-7-2-1-3-8-14/h1-5,7-8,10-11H,6,9,12-13H2,(H3,21,23,25,27). The molecule has 144 valence electrons. The van der Waals surface area contributed by atoms with Crippen LogP contribution >= 0.6 is 11.8 Å². The molecular weight excluding hydrogens is 376 g/mol. The Morgan fingerprint density at radius 2 is 1.79 bits per heavy atom. The van der Waals surface area contributed by atoms with Gasteiger partial charge in [0.1, 0.15) is 0 Å². The summed E-state index contributed by atoms with van der Waals surface area (Å²) in [6.45, 7) is 0.478. The molecule has 0 saturated heterocycles. The lowest BCUT2D eigenvalue weighted by Gasteiger charge is -2.13. The minimum absolute atomic E-state index is 0.0631.